The van der Waals surface area contributed by atoms with E-state index in [1.54, 1.807) is 18.3 Å². The van der Waals surface area contributed by atoms with Gasteiger partial charge in [0.25, 0.3) is 5.91 Å². The summed E-state index contributed by atoms with van der Waals surface area (Å²) < 4.78 is 0. The van der Waals surface area contributed by atoms with Crippen molar-refractivity contribution in [3.05, 3.63) is 112 Å². The van der Waals surface area contributed by atoms with E-state index in [-0.39, 0.29) is 11.3 Å². The molecular weight excluding hydrogens is 418 g/mol. The Balaban J connectivity index is 1.67. The highest BCUT2D eigenvalue weighted by Gasteiger charge is 2.43. The lowest BCUT2D eigenvalue weighted by Gasteiger charge is -2.30. The first-order valence-electron chi connectivity index (χ1n) is 10.7. The van der Waals surface area contributed by atoms with Gasteiger partial charge in [-0.25, -0.2) is 5.43 Å². The number of amides is 1. The van der Waals surface area contributed by atoms with Crippen LogP contribution in [0, 0.1) is 0 Å². The third kappa shape index (κ3) is 4.32. The van der Waals surface area contributed by atoms with Crippen molar-refractivity contribution in [1.82, 2.24) is 5.43 Å². The van der Waals surface area contributed by atoms with E-state index in [1.807, 2.05) is 36.4 Å². The molecule has 1 aliphatic rings. The Labute approximate surface area is 194 Å². The molecule has 1 aliphatic heterocycles. The van der Waals surface area contributed by atoms with E-state index >= 15 is 0 Å². The lowest BCUT2D eigenvalue weighted by molar-refractivity contribution is 0.0955. The van der Waals surface area contributed by atoms with Crippen LogP contribution in [0.15, 0.2) is 95.7 Å². The van der Waals surface area contributed by atoms with Gasteiger partial charge in [0.05, 0.1) is 0 Å². The van der Waals surface area contributed by atoms with Gasteiger partial charge in [-0.3, -0.25) is 4.79 Å². The third-order valence-corrected chi connectivity index (χ3v) is 6.16. The first kappa shape index (κ1) is 21.8. The normalized spacial score (nSPS) is 18.8. The molecule has 3 aromatic carbocycles. The van der Waals surface area contributed by atoms with Crippen LogP contribution in [-0.2, 0) is 11.8 Å². The number of allylic oxidation sites excluding steroid dienone is 2. The molecule has 162 valence electrons. The molecule has 4 nitrogen and oxygen atoms in total. The van der Waals surface area contributed by atoms with Crippen LogP contribution in [0.5, 0.6) is 0 Å². The minimum Gasteiger partial charge on any atom is -0.344 e. The fraction of sp³-hybridized carbons (Fsp3) is 0.185. The van der Waals surface area contributed by atoms with Crippen molar-refractivity contribution in [2.75, 3.05) is 11.4 Å². The molecule has 0 fully saturated rings. The Bertz CT molecular complexity index is 1160. The molecule has 0 bridgehead atoms. The number of rotatable bonds is 6. The van der Waals surface area contributed by atoms with Gasteiger partial charge < -0.3 is 4.90 Å². The van der Waals surface area contributed by atoms with E-state index in [2.05, 4.69) is 65.7 Å². The number of benzene rings is 3. The predicted octanol–water partition coefficient (Wildman–Crippen LogP) is 5.98. The van der Waals surface area contributed by atoms with E-state index in [1.165, 1.54) is 11.1 Å². The van der Waals surface area contributed by atoms with Gasteiger partial charge >= 0.3 is 0 Å². The van der Waals surface area contributed by atoms with E-state index in [0.29, 0.717) is 5.56 Å². The number of hydrogen-bond acceptors (Lipinski definition) is 3. The van der Waals surface area contributed by atoms with Crippen LogP contribution in [0.2, 0.25) is 5.02 Å². The van der Waals surface area contributed by atoms with Crippen molar-refractivity contribution >= 4 is 29.4 Å². The van der Waals surface area contributed by atoms with Gasteiger partial charge in [0, 0.05) is 40.1 Å². The van der Waals surface area contributed by atoms with Crippen molar-refractivity contribution in [3.63, 3.8) is 0 Å². The fourth-order valence-corrected chi connectivity index (χ4v) is 4.59. The second kappa shape index (κ2) is 9.41. The molecule has 0 saturated carbocycles. The third-order valence-electron chi connectivity index (χ3n) is 5.93. The monoisotopic (exact) mass is 443 g/mol. The summed E-state index contributed by atoms with van der Waals surface area (Å²) in [5.41, 5.74) is 7.62. The molecule has 1 atom stereocenters. The molecular formula is C27H26ClN3O. The SMILES string of the molecule is CCN1/C(=C\C=N\NC(=O)c2ccccc2)C(C)(Cc2ccccc2)c2cc(Cl)ccc21. The van der Waals surface area contributed by atoms with Crippen LogP contribution in [0.25, 0.3) is 0 Å². The topological polar surface area (TPSA) is 44.7 Å². The van der Waals surface area contributed by atoms with Gasteiger partial charge in [-0.05, 0) is 67.8 Å². The average Bonchev–Trinajstić information content (AvgIpc) is 3.04. The molecule has 0 aromatic heterocycles. The zero-order valence-corrected chi connectivity index (χ0v) is 19.0. The number of anilines is 1. The molecule has 0 saturated heterocycles. The Hall–Kier alpha value is -3.37. The van der Waals surface area contributed by atoms with Gasteiger partial charge in [0.1, 0.15) is 0 Å². The van der Waals surface area contributed by atoms with Crippen LogP contribution >= 0.6 is 11.6 Å². The van der Waals surface area contributed by atoms with E-state index in [0.717, 1.165) is 29.4 Å². The maximum Gasteiger partial charge on any atom is 0.271 e. The number of carbonyl (C=O) groups excluding carboxylic acids is 1. The number of nitrogens with zero attached hydrogens (tertiary/aromatic N) is 2. The summed E-state index contributed by atoms with van der Waals surface area (Å²) in [6, 6.07) is 25.6. The second-order valence-corrected chi connectivity index (χ2v) is 8.47. The number of hydrazone groups is 1. The highest BCUT2D eigenvalue weighted by molar-refractivity contribution is 6.30. The second-order valence-electron chi connectivity index (χ2n) is 8.04. The molecule has 1 N–H and O–H groups in total. The molecule has 4 rings (SSSR count). The first-order chi connectivity index (χ1) is 15.5. The molecule has 1 heterocycles. The minimum absolute atomic E-state index is 0.235. The summed E-state index contributed by atoms with van der Waals surface area (Å²) in [4.78, 5) is 14.6. The molecule has 0 radical (unpaired) electrons. The molecule has 1 amide bonds. The summed E-state index contributed by atoms with van der Waals surface area (Å²) in [7, 11) is 0. The van der Waals surface area contributed by atoms with Gasteiger partial charge in [-0.2, -0.15) is 5.10 Å². The van der Waals surface area contributed by atoms with Crippen molar-refractivity contribution in [2.24, 2.45) is 5.10 Å². The summed E-state index contributed by atoms with van der Waals surface area (Å²) in [5.74, 6) is -0.235. The zero-order chi connectivity index (χ0) is 22.6. The molecule has 5 heteroatoms. The van der Waals surface area contributed by atoms with E-state index in [9.17, 15) is 4.79 Å². The largest absolute Gasteiger partial charge is 0.344 e. The Morgan fingerprint density at radius 1 is 1.06 bits per heavy atom. The average molecular weight is 444 g/mol. The zero-order valence-electron chi connectivity index (χ0n) is 18.3. The number of carbonyl (C=O) groups is 1. The summed E-state index contributed by atoms with van der Waals surface area (Å²) in [5, 5.41) is 4.91. The molecule has 0 aliphatic carbocycles. The predicted molar refractivity (Wildman–Crippen MR) is 132 cm³/mol. The van der Waals surface area contributed by atoms with E-state index < -0.39 is 0 Å². The van der Waals surface area contributed by atoms with Gasteiger partial charge in [0.15, 0.2) is 0 Å². The number of halogens is 1. The van der Waals surface area contributed by atoms with Crippen molar-refractivity contribution in [1.29, 1.82) is 0 Å². The molecule has 3 aromatic rings. The molecule has 0 spiro atoms. The smallest absolute Gasteiger partial charge is 0.271 e. The lowest BCUT2D eigenvalue weighted by atomic mass is 9.76. The number of likely N-dealkylation sites (N-methyl/N-ethyl adjacent to an activating group) is 1. The maximum absolute atomic E-state index is 12.3. The fourth-order valence-electron chi connectivity index (χ4n) is 4.41. The minimum atomic E-state index is -0.285. The summed E-state index contributed by atoms with van der Waals surface area (Å²) in [6.45, 7) is 5.19. The Morgan fingerprint density at radius 3 is 2.44 bits per heavy atom. The van der Waals surface area contributed by atoms with Crippen molar-refractivity contribution in [2.45, 2.75) is 25.7 Å². The standard InChI is InChI=1S/C27H26ClN3O/c1-3-31-24-15-14-22(28)18-23(24)27(2,19-20-10-6-4-7-11-20)25(31)16-17-29-30-26(32)21-12-8-5-9-13-21/h4-18H,3,19H2,1-2H3,(H,30,32)/b25-16-,29-17+. The highest BCUT2D eigenvalue weighted by Crippen LogP contribution is 2.50. The van der Waals surface area contributed by atoms with Crippen LogP contribution in [0.1, 0.15) is 35.3 Å². The Morgan fingerprint density at radius 2 is 1.75 bits per heavy atom. The Kier molecular flexibility index (Phi) is 6.42. The summed E-state index contributed by atoms with van der Waals surface area (Å²) in [6.07, 6.45) is 4.48. The van der Waals surface area contributed by atoms with Crippen LogP contribution < -0.4 is 10.3 Å². The summed E-state index contributed by atoms with van der Waals surface area (Å²) >= 11 is 6.40. The molecule has 32 heavy (non-hydrogen) atoms. The lowest BCUT2D eigenvalue weighted by Crippen LogP contribution is -2.30. The van der Waals surface area contributed by atoms with Crippen LogP contribution in [0.4, 0.5) is 5.69 Å². The van der Waals surface area contributed by atoms with Gasteiger partial charge in [-0.15, -0.1) is 0 Å². The number of hydrogen-bond donors (Lipinski definition) is 1. The van der Waals surface area contributed by atoms with Crippen LogP contribution in [0.3, 0.4) is 0 Å². The quantitative estimate of drug-likeness (QED) is 0.376. The van der Waals surface area contributed by atoms with E-state index in [4.69, 9.17) is 11.6 Å². The van der Waals surface area contributed by atoms with Gasteiger partial charge in [0.2, 0.25) is 0 Å². The maximum atomic E-state index is 12.3. The number of nitrogens with one attached hydrogen (secondary N) is 1. The first-order valence-corrected chi connectivity index (χ1v) is 11.1. The van der Waals surface area contributed by atoms with Gasteiger partial charge in [-0.1, -0.05) is 60.1 Å². The highest BCUT2D eigenvalue weighted by atomic mass is 35.5. The number of fused-ring (bicyclic) bond motifs is 1. The molecule has 1 unspecified atom stereocenters. The van der Waals surface area contributed by atoms with Crippen molar-refractivity contribution < 1.29 is 4.79 Å². The van der Waals surface area contributed by atoms with Crippen LogP contribution in [-0.4, -0.2) is 18.7 Å². The van der Waals surface area contributed by atoms with Crippen molar-refractivity contribution in [3.8, 4) is 0 Å².